The Morgan fingerprint density at radius 3 is 2.39 bits per heavy atom. The van der Waals surface area contributed by atoms with Crippen LogP contribution in [-0.4, -0.2) is 46.9 Å². The van der Waals surface area contributed by atoms with Crippen molar-refractivity contribution < 1.29 is 19.5 Å². The van der Waals surface area contributed by atoms with Crippen LogP contribution in [0.15, 0.2) is 24.3 Å². The summed E-state index contributed by atoms with van der Waals surface area (Å²) in [4.78, 5) is 38.3. The van der Waals surface area contributed by atoms with Crippen LogP contribution in [0.2, 0.25) is 0 Å². The van der Waals surface area contributed by atoms with Crippen LogP contribution in [0.4, 0.5) is 5.69 Å². The summed E-state index contributed by atoms with van der Waals surface area (Å²) in [6.07, 6.45) is 1.34. The summed E-state index contributed by atoms with van der Waals surface area (Å²) in [5, 5.41) is 8.80. The molecule has 1 aliphatic rings. The SMILES string of the molecule is CC(C)N(CCC(=O)O)C(=O)c1ccc(N2CCCC2=O)cc1. The minimum Gasteiger partial charge on any atom is -0.481 e. The molecule has 124 valence electrons. The van der Waals surface area contributed by atoms with E-state index in [4.69, 9.17) is 5.11 Å². The largest absolute Gasteiger partial charge is 0.481 e. The number of carbonyl (C=O) groups excluding carboxylic acids is 2. The molecule has 1 aliphatic heterocycles. The maximum absolute atomic E-state index is 12.5. The molecule has 0 radical (unpaired) electrons. The second-order valence-electron chi connectivity index (χ2n) is 5.93. The number of hydrogen-bond donors (Lipinski definition) is 1. The lowest BCUT2D eigenvalue weighted by Gasteiger charge is -2.26. The number of nitrogens with zero attached hydrogens (tertiary/aromatic N) is 2. The third kappa shape index (κ3) is 4.09. The van der Waals surface area contributed by atoms with Gasteiger partial charge in [0.05, 0.1) is 6.42 Å². The molecule has 6 heteroatoms. The smallest absolute Gasteiger partial charge is 0.305 e. The quantitative estimate of drug-likeness (QED) is 0.871. The third-order valence-corrected chi connectivity index (χ3v) is 3.95. The van der Waals surface area contributed by atoms with Gasteiger partial charge in [0.2, 0.25) is 5.91 Å². The van der Waals surface area contributed by atoms with Gasteiger partial charge in [-0.1, -0.05) is 0 Å². The molecule has 6 nitrogen and oxygen atoms in total. The van der Waals surface area contributed by atoms with Gasteiger partial charge in [-0.3, -0.25) is 14.4 Å². The zero-order valence-corrected chi connectivity index (χ0v) is 13.5. The summed E-state index contributed by atoms with van der Waals surface area (Å²) in [5.74, 6) is -1.01. The summed E-state index contributed by atoms with van der Waals surface area (Å²) < 4.78 is 0. The lowest BCUT2D eigenvalue weighted by Crippen LogP contribution is -2.38. The molecule has 1 N–H and O–H groups in total. The first-order chi connectivity index (χ1) is 10.9. The fourth-order valence-electron chi connectivity index (χ4n) is 2.68. The van der Waals surface area contributed by atoms with Crippen molar-refractivity contribution in [1.82, 2.24) is 4.90 Å². The van der Waals surface area contributed by atoms with E-state index in [1.807, 2.05) is 13.8 Å². The molecule has 0 aliphatic carbocycles. The first-order valence-electron chi connectivity index (χ1n) is 7.83. The molecular formula is C17H22N2O4. The number of amides is 2. The standard InChI is InChI=1S/C17H22N2O4/c1-12(2)18(11-9-16(21)22)17(23)13-5-7-14(8-6-13)19-10-3-4-15(19)20/h5-8,12H,3-4,9-11H2,1-2H3,(H,21,22). The number of hydrogen-bond acceptors (Lipinski definition) is 3. The highest BCUT2D eigenvalue weighted by Crippen LogP contribution is 2.22. The summed E-state index contributed by atoms with van der Waals surface area (Å²) in [6.45, 7) is 4.61. The number of carboxylic acid groups (broad SMARTS) is 1. The van der Waals surface area contributed by atoms with Crippen LogP contribution >= 0.6 is 0 Å². The highest BCUT2D eigenvalue weighted by Gasteiger charge is 2.23. The lowest BCUT2D eigenvalue weighted by atomic mass is 10.1. The Morgan fingerprint density at radius 2 is 1.91 bits per heavy atom. The number of rotatable bonds is 6. The monoisotopic (exact) mass is 318 g/mol. The minimum atomic E-state index is -0.925. The van der Waals surface area contributed by atoms with Crippen molar-refractivity contribution in [3.63, 3.8) is 0 Å². The van der Waals surface area contributed by atoms with Crippen LogP contribution in [0.3, 0.4) is 0 Å². The van der Waals surface area contributed by atoms with Crippen molar-refractivity contribution in [1.29, 1.82) is 0 Å². The fourth-order valence-corrected chi connectivity index (χ4v) is 2.68. The third-order valence-electron chi connectivity index (χ3n) is 3.95. The molecule has 23 heavy (non-hydrogen) atoms. The molecular weight excluding hydrogens is 296 g/mol. The van der Waals surface area contributed by atoms with E-state index in [-0.39, 0.29) is 30.8 Å². The van der Waals surface area contributed by atoms with Gasteiger partial charge in [0, 0.05) is 36.8 Å². The van der Waals surface area contributed by atoms with Gasteiger partial charge in [0.25, 0.3) is 5.91 Å². The Morgan fingerprint density at radius 1 is 1.26 bits per heavy atom. The zero-order valence-electron chi connectivity index (χ0n) is 13.5. The highest BCUT2D eigenvalue weighted by molar-refractivity contribution is 5.97. The summed E-state index contributed by atoms with van der Waals surface area (Å²) in [6, 6.07) is 6.85. The predicted octanol–water partition coefficient (Wildman–Crippen LogP) is 2.14. The van der Waals surface area contributed by atoms with Crippen LogP contribution in [0.25, 0.3) is 0 Å². The van der Waals surface area contributed by atoms with Gasteiger partial charge in [-0.15, -0.1) is 0 Å². The number of anilines is 1. The normalized spacial score (nSPS) is 14.4. The fraction of sp³-hybridized carbons (Fsp3) is 0.471. The molecule has 0 saturated carbocycles. The Balaban J connectivity index is 2.11. The van der Waals surface area contributed by atoms with Crippen molar-refractivity contribution in [3.8, 4) is 0 Å². The van der Waals surface area contributed by atoms with Gasteiger partial charge in [-0.25, -0.2) is 0 Å². The van der Waals surface area contributed by atoms with E-state index in [1.54, 1.807) is 34.1 Å². The van der Waals surface area contributed by atoms with E-state index in [9.17, 15) is 14.4 Å². The molecule has 1 fully saturated rings. The van der Waals surface area contributed by atoms with Gasteiger partial charge >= 0.3 is 5.97 Å². The Bertz CT molecular complexity index is 595. The van der Waals surface area contributed by atoms with E-state index >= 15 is 0 Å². The van der Waals surface area contributed by atoms with Gasteiger partial charge in [0.1, 0.15) is 0 Å². The molecule has 1 aromatic carbocycles. The molecule has 0 aromatic heterocycles. The minimum absolute atomic E-state index is 0.0791. The Hall–Kier alpha value is -2.37. The number of benzene rings is 1. The molecule has 2 rings (SSSR count). The summed E-state index contributed by atoms with van der Waals surface area (Å²) in [5.41, 5.74) is 1.30. The van der Waals surface area contributed by atoms with E-state index < -0.39 is 5.97 Å². The number of carbonyl (C=O) groups is 3. The van der Waals surface area contributed by atoms with Gasteiger partial charge in [0.15, 0.2) is 0 Å². The topological polar surface area (TPSA) is 77.9 Å². The molecule has 1 aromatic rings. The van der Waals surface area contributed by atoms with Crippen molar-refractivity contribution in [2.24, 2.45) is 0 Å². The lowest BCUT2D eigenvalue weighted by molar-refractivity contribution is -0.137. The molecule has 1 heterocycles. The van der Waals surface area contributed by atoms with Crippen LogP contribution in [0.5, 0.6) is 0 Å². The van der Waals surface area contributed by atoms with Crippen LogP contribution in [0.1, 0.15) is 43.5 Å². The molecule has 2 amide bonds. The van der Waals surface area contributed by atoms with Gasteiger partial charge < -0.3 is 14.9 Å². The molecule has 1 saturated heterocycles. The van der Waals surface area contributed by atoms with E-state index in [0.29, 0.717) is 18.5 Å². The maximum atomic E-state index is 12.5. The molecule has 0 unspecified atom stereocenters. The summed E-state index contributed by atoms with van der Waals surface area (Å²) >= 11 is 0. The van der Waals surface area contributed by atoms with Gasteiger partial charge in [-0.2, -0.15) is 0 Å². The Kier molecular flexibility index (Phi) is 5.36. The molecule has 0 atom stereocenters. The Labute approximate surface area is 135 Å². The van der Waals surface area contributed by atoms with Crippen LogP contribution < -0.4 is 4.90 Å². The zero-order chi connectivity index (χ0) is 17.0. The number of carboxylic acids is 1. The maximum Gasteiger partial charge on any atom is 0.305 e. The van der Waals surface area contributed by atoms with E-state index in [0.717, 1.165) is 12.1 Å². The first kappa shape index (κ1) is 17.0. The van der Waals surface area contributed by atoms with Crippen molar-refractivity contribution in [2.45, 2.75) is 39.2 Å². The predicted molar refractivity (Wildman–Crippen MR) is 86.5 cm³/mol. The van der Waals surface area contributed by atoms with Crippen molar-refractivity contribution >= 4 is 23.5 Å². The summed E-state index contributed by atoms with van der Waals surface area (Å²) in [7, 11) is 0. The number of aliphatic carboxylic acids is 1. The second-order valence-corrected chi connectivity index (χ2v) is 5.93. The first-order valence-corrected chi connectivity index (χ1v) is 7.83. The average molecular weight is 318 g/mol. The molecule has 0 bridgehead atoms. The van der Waals surface area contributed by atoms with Crippen LogP contribution in [0, 0.1) is 0 Å². The second kappa shape index (κ2) is 7.26. The van der Waals surface area contributed by atoms with E-state index in [1.165, 1.54) is 0 Å². The van der Waals surface area contributed by atoms with Crippen LogP contribution in [-0.2, 0) is 9.59 Å². The van der Waals surface area contributed by atoms with E-state index in [2.05, 4.69) is 0 Å². The van der Waals surface area contributed by atoms with Gasteiger partial charge in [-0.05, 0) is 44.5 Å². The highest BCUT2D eigenvalue weighted by atomic mass is 16.4. The van der Waals surface area contributed by atoms with Crippen molar-refractivity contribution in [3.05, 3.63) is 29.8 Å². The molecule has 0 spiro atoms. The van der Waals surface area contributed by atoms with Crippen molar-refractivity contribution in [2.75, 3.05) is 18.0 Å². The average Bonchev–Trinajstić information content (AvgIpc) is 2.93.